The van der Waals surface area contributed by atoms with Crippen LogP contribution in [0.3, 0.4) is 0 Å². The third-order valence-corrected chi connectivity index (χ3v) is 7.83. The molecule has 6 heteroatoms. The maximum absolute atomic E-state index is 12.6. The molecule has 1 aliphatic carbocycles. The number of hydrogen-bond acceptors (Lipinski definition) is 4. The van der Waals surface area contributed by atoms with Gasteiger partial charge in [0.25, 0.3) is 5.19 Å². The van der Waals surface area contributed by atoms with E-state index in [0.717, 1.165) is 59.5 Å². The molecule has 3 aliphatic rings. The molecule has 2 aliphatic heterocycles. The van der Waals surface area contributed by atoms with Gasteiger partial charge in [-0.3, -0.25) is 9.69 Å². The van der Waals surface area contributed by atoms with E-state index in [1.165, 1.54) is 18.5 Å². The molecule has 6 rings (SSSR count). The van der Waals surface area contributed by atoms with Gasteiger partial charge < -0.3 is 9.22 Å². The largest absolute Gasteiger partial charge is 0.431 e. The summed E-state index contributed by atoms with van der Waals surface area (Å²) >= 11 is 1.57. The predicted octanol–water partition coefficient (Wildman–Crippen LogP) is 4.43. The minimum absolute atomic E-state index is 0.341. The summed E-state index contributed by atoms with van der Waals surface area (Å²) in [4.78, 5) is 19.3. The Morgan fingerprint density at radius 2 is 1.97 bits per heavy atom. The summed E-state index contributed by atoms with van der Waals surface area (Å²) in [6.07, 6.45) is 4.42. The molecular formula is C24H26N3O2S+. The van der Waals surface area contributed by atoms with Crippen LogP contribution in [0.15, 0.2) is 48.5 Å². The lowest BCUT2D eigenvalue weighted by Gasteiger charge is -2.34. The Morgan fingerprint density at radius 1 is 1.13 bits per heavy atom. The molecule has 0 radical (unpaired) electrons. The Balaban J connectivity index is 1.08. The normalized spacial score (nSPS) is 25.2. The molecule has 2 atom stereocenters. The number of fused-ring (bicyclic) bond motifs is 3. The van der Waals surface area contributed by atoms with Crippen molar-refractivity contribution < 1.29 is 14.0 Å². The number of thiazole rings is 1. The number of rotatable bonds is 6. The van der Waals surface area contributed by atoms with Gasteiger partial charge in [0.15, 0.2) is 6.67 Å². The van der Waals surface area contributed by atoms with Crippen molar-refractivity contribution in [2.45, 2.75) is 31.7 Å². The molecule has 5 nitrogen and oxygen atoms in total. The lowest BCUT2D eigenvalue weighted by atomic mass is 10.1. The Bertz CT molecular complexity index is 1060. The summed E-state index contributed by atoms with van der Waals surface area (Å²) in [7, 11) is 0. The first-order valence-corrected chi connectivity index (χ1v) is 11.8. The molecule has 2 saturated heterocycles. The van der Waals surface area contributed by atoms with E-state index >= 15 is 0 Å². The third kappa shape index (κ3) is 3.38. The number of amides is 1. The topological polar surface area (TPSA) is 42.4 Å². The molecule has 0 N–H and O–H groups in total. The van der Waals surface area contributed by atoms with Gasteiger partial charge in [0.1, 0.15) is 12.3 Å². The molecule has 154 valence electrons. The van der Waals surface area contributed by atoms with E-state index in [1.807, 2.05) is 30.3 Å². The second-order valence-corrected chi connectivity index (χ2v) is 10.1. The second-order valence-electron chi connectivity index (χ2n) is 9.08. The second kappa shape index (κ2) is 7.06. The summed E-state index contributed by atoms with van der Waals surface area (Å²) in [5.41, 5.74) is 2.31. The third-order valence-electron chi connectivity index (χ3n) is 6.92. The number of aromatic nitrogens is 1. The smallest absolute Gasteiger partial charge is 0.279 e. The van der Waals surface area contributed by atoms with Crippen molar-refractivity contribution >= 4 is 27.5 Å². The summed E-state index contributed by atoms with van der Waals surface area (Å²) in [6.45, 7) is 4.41. The molecule has 1 aromatic heterocycles. The van der Waals surface area contributed by atoms with Crippen LogP contribution in [0.2, 0.25) is 0 Å². The van der Waals surface area contributed by atoms with Crippen LogP contribution in [0.4, 0.5) is 0 Å². The van der Waals surface area contributed by atoms with E-state index in [2.05, 4.69) is 28.1 Å². The van der Waals surface area contributed by atoms with E-state index in [0.29, 0.717) is 23.1 Å². The molecule has 3 aromatic rings. The Morgan fingerprint density at radius 3 is 2.77 bits per heavy atom. The van der Waals surface area contributed by atoms with Crippen LogP contribution in [-0.2, 0) is 11.2 Å². The molecule has 3 fully saturated rings. The first-order chi connectivity index (χ1) is 14.7. The molecule has 2 bridgehead atoms. The van der Waals surface area contributed by atoms with Crippen LogP contribution in [0.5, 0.6) is 10.9 Å². The zero-order valence-electron chi connectivity index (χ0n) is 17.0. The van der Waals surface area contributed by atoms with Crippen molar-refractivity contribution in [1.29, 1.82) is 0 Å². The highest BCUT2D eigenvalue weighted by Crippen LogP contribution is 2.38. The number of para-hydroxylation sites is 1. The molecule has 3 heterocycles. The standard InChI is InChI=1S/C24H26N3O2S/c28-23(18-7-8-18)26-16-27(14-12-19(26)15-27)13-11-17-5-9-20(10-6-17)29-24-25-21-3-1-2-4-22(21)30-24/h1-6,9-10,18-19H,7-8,11-16H2/q+1/t19-,27-/m0/s1. The van der Waals surface area contributed by atoms with Crippen molar-refractivity contribution in [2.75, 3.05) is 26.3 Å². The van der Waals surface area contributed by atoms with Gasteiger partial charge in [0.05, 0.1) is 29.3 Å². The lowest BCUT2D eigenvalue weighted by molar-refractivity contribution is -0.913. The van der Waals surface area contributed by atoms with Crippen molar-refractivity contribution in [2.24, 2.45) is 5.92 Å². The number of nitrogens with zero attached hydrogens (tertiary/aromatic N) is 3. The summed E-state index contributed by atoms with van der Waals surface area (Å²) < 4.78 is 8.20. The molecule has 0 unspecified atom stereocenters. The number of benzene rings is 2. The van der Waals surface area contributed by atoms with Gasteiger partial charge in [-0.15, -0.1) is 0 Å². The number of hydrogen-bond donors (Lipinski definition) is 0. The highest BCUT2D eigenvalue weighted by atomic mass is 32.1. The summed E-state index contributed by atoms with van der Waals surface area (Å²) in [5.74, 6) is 1.60. The minimum atomic E-state index is 0.341. The van der Waals surface area contributed by atoms with E-state index in [-0.39, 0.29) is 0 Å². The van der Waals surface area contributed by atoms with Gasteiger partial charge in [-0.2, -0.15) is 0 Å². The average molecular weight is 421 g/mol. The van der Waals surface area contributed by atoms with Crippen LogP contribution in [0, 0.1) is 5.92 Å². The predicted molar refractivity (Wildman–Crippen MR) is 118 cm³/mol. The zero-order valence-corrected chi connectivity index (χ0v) is 17.8. The van der Waals surface area contributed by atoms with Crippen molar-refractivity contribution in [3.63, 3.8) is 0 Å². The maximum Gasteiger partial charge on any atom is 0.279 e. The van der Waals surface area contributed by atoms with Crippen LogP contribution in [-0.4, -0.2) is 52.6 Å². The molecule has 1 amide bonds. The SMILES string of the molecule is O=C(C1CC1)N1C[N@@+]2(CCc3ccc(Oc4nc5ccccc5s4)cc3)CC[C@H]1C2. The zero-order chi connectivity index (χ0) is 20.1. The van der Waals surface area contributed by atoms with Crippen LogP contribution >= 0.6 is 11.3 Å². The molecule has 0 spiro atoms. The fourth-order valence-corrected chi connectivity index (χ4v) is 5.88. The van der Waals surface area contributed by atoms with Crippen molar-refractivity contribution in [1.82, 2.24) is 9.88 Å². The van der Waals surface area contributed by atoms with Crippen molar-refractivity contribution in [3.8, 4) is 10.9 Å². The van der Waals surface area contributed by atoms with E-state index in [9.17, 15) is 4.79 Å². The molecule has 30 heavy (non-hydrogen) atoms. The monoisotopic (exact) mass is 420 g/mol. The Kier molecular flexibility index (Phi) is 4.32. The first kappa shape index (κ1) is 18.3. The Hall–Kier alpha value is -2.44. The molecular weight excluding hydrogens is 394 g/mol. The number of ether oxygens (including phenoxy) is 1. The van der Waals surface area contributed by atoms with Gasteiger partial charge in [-0.25, -0.2) is 4.98 Å². The van der Waals surface area contributed by atoms with E-state index in [1.54, 1.807) is 11.3 Å². The van der Waals surface area contributed by atoms with Gasteiger partial charge in [-0.05, 0) is 42.7 Å². The van der Waals surface area contributed by atoms with Gasteiger partial charge >= 0.3 is 0 Å². The fourth-order valence-electron chi connectivity index (χ4n) is 5.05. The highest BCUT2D eigenvalue weighted by Gasteiger charge is 2.53. The quantitative estimate of drug-likeness (QED) is 0.554. The molecule has 1 saturated carbocycles. The number of carbonyl (C=O) groups excluding carboxylic acids is 1. The highest BCUT2D eigenvalue weighted by molar-refractivity contribution is 7.20. The average Bonchev–Trinajstić information content (AvgIpc) is 3.27. The fraction of sp³-hybridized carbons (Fsp3) is 0.417. The summed E-state index contributed by atoms with van der Waals surface area (Å²) in [5, 5.41) is 0.683. The number of carbonyl (C=O) groups is 1. The Labute approximate surface area is 180 Å². The molecule has 2 aromatic carbocycles. The minimum Gasteiger partial charge on any atom is -0.431 e. The van der Waals surface area contributed by atoms with Crippen molar-refractivity contribution in [3.05, 3.63) is 54.1 Å². The van der Waals surface area contributed by atoms with Gasteiger partial charge in [-0.1, -0.05) is 35.6 Å². The lowest BCUT2D eigenvalue weighted by Crippen LogP contribution is -2.51. The van der Waals surface area contributed by atoms with Gasteiger partial charge in [0.2, 0.25) is 5.91 Å². The van der Waals surface area contributed by atoms with Crippen LogP contribution in [0.25, 0.3) is 10.2 Å². The van der Waals surface area contributed by atoms with Gasteiger partial charge in [0, 0.05) is 18.8 Å². The maximum atomic E-state index is 12.6. The van der Waals surface area contributed by atoms with Crippen LogP contribution < -0.4 is 4.74 Å². The van der Waals surface area contributed by atoms with Crippen LogP contribution in [0.1, 0.15) is 24.8 Å². The number of quaternary nitrogens is 1. The van der Waals surface area contributed by atoms with E-state index < -0.39 is 0 Å². The summed E-state index contributed by atoms with van der Waals surface area (Å²) in [6, 6.07) is 17.0. The first-order valence-electron chi connectivity index (χ1n) is 11.0. The van der Waals surface area contributed by atoms with E-state index in [4.69, 9.17) is 4.74 Å².